The fourth-order valence-electron chi connectivity index (χ4n) is 5.38. The lowest BCUT2D eigenvalue weighted by atomic mass is 9.86. The second-order valence-electron chi connectivity index (χ2n) is 11.2. The van der Waals surface area contributed by atoms with Crippen molar-refractivity contribution in [2.45, 2.75) is 45.6 Å². The van der Waals surface area contributed by atoms with Gasteiger partial charge in [0.25, 0.3) is 11.5 Å². The molecule has 8 nitrogen and oxygen atoms in total. The van der Waals surface area contributed by atoms with E-state index in [0.29, 0.717) is 43.7 Å². The third-order valence-corrected chi connectivity index (χ3v) is 7.22. The van der Waals surface area contributed by atoms with E-state index in [1.54, 1.807) is 34.1 Å². The van der Waals surface area contributed by atoms with Crippen LogP contribution in [0.1, 0.15) is 55.2 Å². The van der Waals surface area contributed by atoms with Crippen LogP contribution in [0.25, 0.3) is 10.8 Å². The highest BCUT2D eigenvalue weighted by molar-refractivity contribution is 5.95. The fourth-order valence-corrected chi connectivity index (χ4v) is 5.38. The van der Waals surface area contributed by atoms with Gasteiger partial charge in [0.15, 0.2) is 0 Å². The van der Waals surface area contributed by atoms with Gasteiger partial charge in [-0.1, -0.05) is 24.3 Å². The molecule has 1 N–H and O–H groups in total. The first-order valence-corrected chi connectivity index (χ1v) is 12.6. The Bertz CT molecular complexity index is 1430. The van der Waals surface area contributed by atoms with Crippen LogP contribution in [0.4, 0.5) is 9.18 Å². The van der Waals surface area contributed by atoms with Crippen LogP contribution in [-0.4, -0.2) is 63.8 Å². The van der Waals surface area contributed by atoms with Crippen molar-refractivity contribution in [3.63, 3.8) is 0 Å². The van der Waals surface area contributed by atoms with Crippen LogP contribution >= 0.6 is 0 Å². The van der Waals surface area contributed by atoms with Gasteiger partial charge in [-0.3, -0.25) is 9.59 Å². The number of benzene rings is 2. The molecular weight excluding hydrogens is 475 g/mol. The van der Waals surface area contributed by atoms with E-state index in [4.69, 9.17) is 4.74 Å². The molecule has 1 spiro atoms. The average Bonchev–Trinajstić information content (AvgIpc) is 3.47. The van der Waals surface area contributed by atoms with Gasteiger partial charge in [0.05, 0.1) is 16.6 Å². The molecule has 3 heterocycles. The van der Waals surface area contributed by atoms with Crippen LogP contribution < -0.4 is 5.56 Å². The van der Waals surface area contributed by atoms with Gasteiger partial charge in [-0.2, -0.15) is 5.10 Å². The Hall–Kier alpha value is -3.75. The summed E-state index contributed by atoms with van der Waals surface area (Å²) in [6.45, 7) is 7.61. The smallest absolute Gasteiger partial charge is 0.410 e. The Balaban J connectivity index is 1.31. The Morgan fingerprint density at radius 3 is 2.46 bits per heavy atom. The summed E-state index contributed by atoms with van der Waals surface area (Å²) in [5.41, 5.74) is 0.358. The topological polar surface area (TPSA) is 95.6 Å². The SMILES string of the molecule is CC(C)(C)OC(=O)N1CCC2(CCN(C(=O)c3cc(Cc4n[nH]c(=O)c5ccccc45)ccc3F)C2)C1. The highest BCUT2D eigenvalue weighted by atomic mass is 19.1. The first-order chi connectivity index (χ1) is 17.5. The van der Waals surface area contributed by atoms with E-state index < -0.39 is 11.4 Å². The highest BCUT2D eigenvalue weighted by Crippen LogP contribution is 2.40. The van der Waals surface area contributed by atoms with Crippen LogP contribution in [0.15, 0.2) is 47.3 Å². The van der Waals surface area contributed by atoms with E-state index in [1.807, 2.05) is 32.9 Å². The molecule has 194 valence electrons. The number of aromatic nitrogens is 2. The molecule has 37 heavy (non-hydrogen) atoms. The van der Waals surface area contributed by atoms with Crippen molar-refractivity contribution in [2.24, 2.45) is 5.41 Å². The van der Waals surface area contributed by atoms with Crippen LogP contribution in [0, 0.1) is 11.2 Å². The fraction of sp³-hybridized carbons (Fsp3) is 0.429. The van der Waals surface area contributed by atoms with Crippen LogP contribution in [0.5, 0.6) is 0 Å². The maximum atomic E-state index is 14.8. The normalized spacial score (nSPS) is 19.7. The van der Waals surface area contributed by atoms with Crippen molar-refractivity contribution >= 4 is 22.8 Å². The third-order valence-electron chi connectivity index (χ3n) is 7.22. The van der Waals surface area contributed by atoms with Gasteiger partial charge in [-0.15, -0.1) is 0 Å². The second-order valence-corrected chi connectivity index (χ2v) is 11.2. The van der Waals surface area contributed by atoms with Gasteiger partial charge in [0.1, 0.15) is 11.4 Å². The number of carbonyl (C=O) groups excluding carboxylic acids is 2. The van der Waals surface area contributed by atoms with Crippen molar-refractivity contribution in [3.8, 4) is 0 Å². The number of halogens is 1. The second kappa shape index (κ2) is 9.28. The van der Waals surface area contributed by atoms with Gasteiger partial charge in [0.2, 0.25) is 0 Å². The van der Waals surface area contributed by atoms with Gasteiger partial charge in [0, 0.05) is 43.4 Å². The average molecular weight is 507 g/mol. The monoisotopic (exact) mass is 506 g/mol. The van der Waals surface area contributed by atoms with Crippen molar-refractivity contribution in [2.75, 3.05) is 26.2 Å². The molecule has 1 aromatic heterocycles. The largest absolute Gasteiger partial charge is 0.444 e. The lowest BCUT2D eigenvalue weighted by Gasteiger charge is -2.27. The Morgan fingerprint density at radius 1 is 1.05 bits per heavy atom. The molecule has 2 saturated heterocycles. The summed E-state index contributed by atoms with van der Waals surface area (Å²) in [6.07, 6.45) is 1.54. The Kier molecular flexibility index (Phi) is 6.25. The summed E-state index contributed by atoms with van der Waals surface area (Å²) >= 11 is 0. The first kappa shape index (κ1) is 24.9. The summed E-state index contributed by atoms with van der Waals surface area (Å²) in [5.74, 6) is -0.929. The number of likely N-dealkylation sites (tertiary alicyclic amines) is 2. The molecule has 3 aromatic rings. The first-order valence-electron chi connectivity index (χ1n) is 12.6. The summed E-state index contributed by atoms with van der Waals surface area (Å²) in [4.78, 5) is 41.4. The van der Waals surface area contributed by atoms with Crippen molar-refractivity contribution in [1.29, 1.82) is 0 Å². The molecule has 2 aromatic carbocycles. The number of H-pyrrole nitrogens is 1. The van der Waals surface area contributed by atoms with Gasteiger partial charge in [-0.05, 0) is 57.4 Å². The summed E-state index contributed by atoms with van der Waals surface area (Å²) in [5, 5.41) is 7.97. The molecule has 1 unspecified atom stereocenters. The van der Waals surface area contributed by atoms with E-state index in [9.17, 15) is 18.8 Å². The van der Waals surface area contributed by atoms with E-state index in [2.05, 4.69) is 10.2 Å². The molecule has 2 aliphatic rings. The number of amides is 2. The highest BCUT2D eigenvalue weighted by Gasteiger charge is 2.47. The lowest BCUT2D eigenvalue weighted by molar-refractivity contribution is 0.0274. The van der Waals surface area contributed by atoms with E-state index in [0.717, 1.165) is 23.8 Å². The van der Waals surface area contributed by atoms with Crippen molar-refractivity contribution in [3.05, 3.63) is 75.5 Å². The standard InChI is InChI=1S/C28H31FN4O4/c1-27(2,3)37-26(36)33-13-11-28(17-33)10-12-32(16-28)25(35)21-14-18(8-9-22(21)29)15-23-19-6-4-5-7-20(19)24(34)31-30-23/h4-9,14H,10-13,15-17H2,1-3H3,(H,31,34). The molecule has 0 aliphatic carbocycles. The Labute approximate surface area is 214 Å². The molecular formula is C28H31FN4O4. The van der Waals surface area contributed by atoms with Crippen LogP contribution in [0.3, 0.4) is 0 Å². The number of nitrogens with one attached hydrogen (secondary N) is 1. The minimum atomic E-state index is -0.573. The molecule has 2 amide bonds. The van der Waals surface area contributed by atoms with E-state index in [1.165, 1.54) is 6.07 Å². The summed E-state index contributed by atoms with van der Waals surface area (Å²) in [6, 6.07) is 11.7. The number of hydrogen-bond acceptors (Lipinski definition) is 5. The minimum absolute atomic E-state index is 0.0188. The van der Waals surface area contributed by atoms with Crippen LogP contribution in [-0.2, 0) is 11.2 Å². The molecule has 0 bridgehead atoms. The molecule has 1 atom stereocenters. The molecule has 9 heteroatoms. The summed E-state index contributed by atoms with van der Waals surface area (Å²) in [7, 11) is 0. The zero-order valence-electron chi connectivity index (χ0n) is 21.3. The predicted octanol–water partition coefficient (Wildman–Crippen LogP) is 4.13. The van der Waals surface area contributed by atoms with Gasteiger partial charge < -0.3 is 14.5 Å². The molecule has 5 rings (SSSR count). The molecule has 0 saturated carbocycles. The number of nitrogens with zero attached hydrogens (tertiary/aromatic N) is 3. The number of ether oxygens (including phenoxy) is 1. The Morgan fingerprint density at radius 2 is 1.73 bits per heavy atom. The zero-order valence-corrected chi connectivity index (χ0v) is 21.3. The van der Waals surface area contributed by atoms with Gasteiger partial charge in [-0.25, -0.2) is 14.3 Å². The molecule has 2 fully saturated rings. The number of aromatic amines is 1. The predicted molar refractivity (Wildman–Crippen MR) is 137 cm³/mol. The van der Waals surface area contributed by atoms with Crippen molar-refractivity contribution < 1.29 is 18.7 Å². The number of hydrogen-bond donors (Lipinski definition) is 1. The number of fused-ring (bicyclic) bond motifs is 1. The molecule has 2 aliphatic heterocycles. The zero-order chi connectivity index (χ0) is 26.4. The minimum Gasteiger partial charge on any atom is -0.444 e. The number of carbonyl (C=O) groups is 2. The van der Waals surface area contributed by atoms with Gasteiger partial charge >= 0.3 is 6.09 Å². The van der Waals surface area contributed by atoms with Crippen LogP contribution in [0.2, 0.25) is 0 Å². The van der Waals surface area contributed by atoms with Crippen molar-refractivity contribution in [1.82, 2.24) is 20.0 Å². The summed E-state index contributed by atoms with van der Waals surface area (Å²) < 4.78 is 20.3. The van der Waals surface area contributed by atoms with E-state index >= 15 is 0 Å². The third kappa shape index (κ3) is 5.08. The quantitative estimate of drug-likeness (QED) is 0.577. The number of rotatable bonds is 3. The lowest BCUT2D eigenvalue weighted by Crippen LogP contribution is -2.38. The van der Waals surface area contributed by atoms with E-state index in [-0.39, 0.29) is 28.5 Å². The maximum absolute atomic E-state index is 14.8. The molecule has 0 radical (unpaired) electrons. The maximum Gasteiger partial charge on any atom is 0.410 e.